The van der Waals surface area contributed by atoms with Crippen LogP contribution in [0, 0.1) is 6.92 Å². The number of hydrogen-bond donors (Lipinski definition) is 2. The lowest BCUT2D eigenvalue weighted by Crippen LogP contribution is -2.38. The van der Waals surface area contributed by atoms with Crippen molar-refractivity contribution < 1.29 is 28.2 Å². The molecule has 25 heavy (non-hydrogen) atoms. The number of β-amino-alcohol motifs (C(OH)–C–C–N with tert-alkyl or cyclic N) is 1. The molecule has 2 aromatic rings. The first-order chi connectivity index (χ1) is 11.7. The number of carbonyl (C=O) groups is 1. The number of alkyl halides is 3. The van der Waals surface area contributed by atoms with Crippen LogP contribution in [0.25, 0.3) is 10.9 Å². The molecule has 5 nitrogen and oxygen atoms in total. The number of carboxylic acid groups (broad SMARTS) is 1. The Morgan fingerprint density at radius 3 is 2.56 bits per heavy atom. The van der Waals surface area contributed by atoms with Gasteiger partial charge in [-0.15, -0.1) is 0 Å². The van der Waals surface area contributed by atoms with Gasteiger partial charge in [-0.1, -0.05) is 18.2 Å². The Hall–Kier alpha value is -2.35. The van der Waals surface area contributed by atoms with Crippen LogP contribution >= 0.6 is 0 Å². The van der Waals surface area contributed by atoms with E-state index in [2.05, 4.69) is 24.0 Å². The predicted molar refractivity (Wildman–Crippen MR) is 87.6 cm³/mol. The molecule has 1 aliphatic heterocycles. The monoisotopic (exact) mass is 356 g/mol. The molecule has 1 aromatic carbocycles. The Kier molecular flexibility index (Phi) is 5.84. The summed E-state index contributed by atoms with van der Waals surface area (Å²) in [5, 5.41) is 18.1. The number of para-hydroxylation sites is 1. The Balaban J connectivity index is 0.000000277. The van der Waals surface area contributed by atoms with Gasteiger partial charge >= 0.3 is 12.1 Å². The smallest absolute Gasteiger partial charge is 0.475 e. The number of halogens is 3. The lowest BCUT2D eigenvalue weighted by Gasteiger charge is -2.31. The summed E-state index contributed by atoms with van der Waals surface area (Å²) in [6.45, 7) is 3.81. The van der Waals surface area contributed by atoms with E-state index in [0.29, 0.717) is 6.54 Å². The fourth-order valence-corrected chi connectivity index (χ4v) is 2.66. The van der Waals surface area contributed by atoms with Crippen molar-refractivity contribution in [1.29, 1.82) is 0 Å². The summed E-state index contributed by atoms with van der Waals surface area (Å²) in [7, 11) is 0. The second kappa shape index (κ2) is 7.69. The van der Waals surface area contributed by atoms with E-state index in [1.54, 1.807) is 0 Å². The largest absolute Gasteiger partial charge is 0.490 e. The number of hydrogen-bond acceptors (Lipinski definition) is 4. The van der Waals surface area contributed by atoms with Crippen molar-refractivity contribution in [1.82, 2.24) is 4.98 Å². The van der Waals surface area contributed by atoms with E-state index in [1.165, 1.54) is 10.9 Å². The number of fused-ring (bicyclic) bond motifs is 1. The van der Waals surface area contributed by atoms with Gasteiger partial charge in [-0.25, -0.2) is 9.78 Å². The van der Waals surface area contributed by atoms with E-state index in [-0.39, 0.29) is 6.10 Å². The van der Waals surface area contributed by atoms with Gasteiger partial charge in [0.2, 0.25) is 0 Å². The molecule has 2 heterocycles. The van der Waals surface area contributed by atoms with Crippen molar-refractivity contribution in [2.24, 2.45) is 0 Å². The minimum Gasteiger partial charge on any atom is -0.475 e. The Bertz CT molecular complexity index is 749. The SMILES string of the molecule is Cc1cc(N2CCCC(O)C2)nc2ccccc12.O=C(O)C(F)(F)F. The van der Waals surface area contributed by atoms with Crippen LogP contribution < -0.4 is 4.90 Å². The zero-order valence-electron chi connectivity index (χ0n) is 13.6. The maximum absolute atomic E-state index is 10.6. The number of aliphatic hydroxyl groups is 1. The highest BCUT2D eigenvalue weighted by atomic mass is 19.4. The van der Waals surface area contributed by atoms with Crippen molar-refractivity contribution in [2.75, 3.05) is 18.0 Å². The van der Waals surface area contributed by atoms with Gasteiger partial charge < -0.3 is 15.1 Å². The van der Waals surface area contributed by atoms with E-state index in [1.807, 2.05) is 18.2 Å². The highest BCUT2D eigenvalue weighted by Crippen LogP contribution is 2.24. The molecule has 1 unspecified atom stereocenters. The summed E-state index contributed by atoms with van der Waals surface area (Å²) >= 11 is 0. The average Bonchev–Trinajstić information content (AvgIpc) is 2.54. The summed E-state index contributed by atoms with van der Waals surface area (Å²) in [4.78, 5) is 15.8. The van der Waals surface area contributed by atoms with Crippen LogP contribution in [0.1, 0.15) is 18.4 Å². The number of nitrogens with zero attached hydrogens (tertiary/aromatic N) is 2. The molecule has 136 valence electrons. The minimum absolute atomic E-state index is 0.215. The molecule has 1 aromatic heterocycles. The molecule has 0 radical (unpaired) electrons. The summed E-state index contributed by atoms with van der Waals surface area (Å²) < 4.78 is 31.7. The van der Waals surface area contributed by atoms with Crippen molar-refractivity contribution in [2.45, 2.75) is 32.0 Å². The minimum atomic E-state index is -5.08. The van der Waals surface area contributed by atoms with Gasteiger partial charge in [-0.3, -0.25) is 0 Å². The second-order valence-corrected chi connectivity index (χ2v) is 5.86. The van der Waals surface area contributed by atoms with E-state index >= 15 is 0 Å². The molecule has 2 N–H and O–H groups in total. The second-order valence-electron chi connectivity index (χ2n) is 5.86. The third-order valence-electron chi connectivity index (χ3n) is 3.87. The maximum atomic E-state index is 10.6. The molecule has 3 rings (SSSR count). The Morgan fingerprint density at radius 2 is 1.96 bits per heavy atom. The number of aliphatic carboxylic acids is 1. The van der Waals surface area contributed by atoms with E-state index in [4.69, 9.17) is 14.9 Å². The number of carboxylic acids is 1. The molecule has 8 heteroatoms. The highest BCUT2D eigenvalue weighted by molar-refractivity contribution is 5.83. The van der Waals surface area contributed by atoms with Crippen molar-refractivity contribution in [3.63, 3.8) is 0 Å². The van der Waals surface area contributed by atoms with Gasteiger partial charge in [-0.2, -0.15) is 13.2 Å². The molecule has 0 saturated carbocycles. The van der Waals surface area contributed by atoms with Crippen LogP contribution in [-0.4, -0.2) is 46.5 Å². The van der Waals surface area contributed by atoms with Gasteiger partial charge in [0.05, 0.1) is 11.6 Å². The third-order valence-corrected chi connectivity index (χ3v) is 3.87. The normalized spacial score (nSPS) is 17.8. The number of benzene rings is 1. The van der Waals surface area contributed by atoms with Crippen molar-refractivity contribution in [3.05, 3.63) is 35.9 Å². The summed E-state index contributed by atoms with van der Waals surface area (Å²) in [5.74, 6) is -1.77. The van der Waals surface area contributed by atoms with Crippen molar-refractivity contribution >= 4 is 22.7 Å². The standard InChI is InChI=1S/C15H18N2O.C2HF3O2/c1-11-9-15(17-8-4-5-12(18)10-17)16-14-7-3-2-6-13(11)14;3-2(4,5)1(6)7/h2-3,6-7,9,12,18H,4-5,8,10H2,1H3;(H,6,7). The lowest BCUT2D eigenvalue weighted by atomic mass is 10.1. The van der Waals surface area contributed by atoms with Gasteiger partial charge in [-0.05, 0) is 37.5 Å². The van der Waals surface area contributed by atoms with Gasteiger partial charge in [0.15, 0.2) is 0 Å². The molecular formula is C17H19F3N2O3. The van der Waals surface area contributed by atoms with Crippen LogP contribution in [0.15, 0.2) is 30.3 Å². The molecule has 0 spiro atoms. The highest BCUT2D eigenvalue weighted by Gasteiger charge is 2.38. The van der Waals surface area contributed by atoms with Gasteiger partial charge in [0, 0.05) is 18.5 Å². The lowest BCUT2D eigenvalue weighted by molar-refractivity contribution is -0.192. The number of aliphatic hydroxyl groups excluding tert-OH is 1. The number of rotatable bonds is 1. The first kappa shape index (κ1) is 19.0. The first-order valence-corrected chi connectivity index (χ1v) is 7.78. The van der Waals surface area contributed by atoms with Gasteiger partial charge in [0.1, 0.15) is 5.82 Å². The molecule has 1 fully saturated rings. The molecule has 1 saturated heterocycles. The predicted octanol–water partition coefficient (Wildman–Crippen LogP) is 3.14. The molecular weight excluding hydrogens is 337 g/mol. The van der Waals surface area contributed by atoms with Crippen LogP contribution in [0.5, 0.6) is 0 Å². The third kappa shape index (κ3) is 5.06. The number of aromatic nitrogens is 1. The zero-order valence-corrected chi connectivity index (χ0v) is 13.6. The number of anilines is 1. The molecule has 1 aliphatic rings. The number of piperidine rings is 1. The van der Waals surface area contributed by atoms with Crippen LogP contribution in [0.4, 0.5) is 19.0 Å². The number of pyridine rings is 1. The molecule has 0 amide bonds. The van der Waals surface area contributed by atoms with Crippen molar-refractivity contribution in [3.8, 4) is 0 Å². The zero-order chi connectivity index (χ0) is 18.6. The van der Waals surface area contributed by atoms with Crippen LogP contribution in [0.2, 0.25) is 0 Å². The molecule has 0 aliphatic carbocycles. The Morgan fingerprint density at radius 1 is 1.32 bits per heavy atom. The average molecular weight is 356 g/mol. The van der Waals surface area contributed by atoms with E-state index in [9.17, 15) is 18.3 Å². The van der Waals surface area contributed by atoms with Crippen LogP contribution in [0.3, 0.4) is 0 Å². The molecule has 1 atom stereocenters. The fraction of sp³-hybridized carbons (Fsp3) is 0.412. The topological polar surface area (TPSA) is 73.7 Å². The van der Waals surface area contributed by atoms with Crippen LogP contribution in [-0.2, 0) is 4.79 Å². The van der Waals surface area contributed by atoms with Gasteiger partial charge in [0.25, 0.3) is 0 Å². The first-order valence-electron chi connectivity index (χ1n) is 7.78. The summed E-state index contributed by atoms with van der Waals surface area (Å²) in [5.41, 5.74) is 2.28. The molecule has 0 bridgehead atoms. The maximum Gasteiger partial charge on any atom is 0.490 e. The summed E-state index contributed by atoms with van der Waals surface area (Å²) in [6, 6.07) is 10.3. The van der Waals surface area contributed by atoms with E-state index in [0.717, 1.165) is 30.7 Å². The quantitative estimate of drug-likeness (QED) is 0.821. The number of aryl methyl sites for hydroxylation is 1. The van der Waals surface area contributed by atoms with E-state index < -0.39 is 12.1 Å². The Labute approximate surface area is 142 Å². The summed E-state index contributed by atoms with van der Waals surface area (Å²) in [6.07, 6.45) is -3.36. The fourth-order valence-electron chi connectivity index (χ4n) is 2.66.